The Morgan fingerprint density at radius 3 is 2.64 bits per heavy atom. The van der Waals surface area contributed by atoms with Crippen molar-refractivity contribution in [1.82, 2.24) is 14.6 Å². The van der Waals surface area contributed by atoms with Gasteiger partial charge in [0.25, 0.3) is 0 Å². The number of carbonyl (C=O) groups is 1. The van der Waals surface area contributed by atoms with Crippen LogP contribution in [-0.2, 0) is 12.8 Å². The smallest absolute Gasteiger partial charge is 0.545 e. The van der Waals surface area contributed by atoms with Crippen molar-refractivity contribution in [2.24, 2.45) is 0 Å². The number of fused-ring (bicyclic) bond motifs is 1. The van der Waals surface area contributed by atoms with Crippen molar-refractivity contribution in [2.75, 3.05) is 0 Å². The van der Waals surface area contributed by atoms with Gasteiger partial charge in [0.2, 0.25) is 0 Å². The molecule has 2 aromatic heterocycles. The molecule has 0 unspecified atom stereocenters. The van der Waals surface area contributed by atoms with E-state index in [1.807, 2.05) is 30.3 Å². The number of aromatic nitrogens is 3. The molecule has 3 rings (SSSR count). The summed E-state index contributed by atoms with van der Waals surface area (Å²) in [6.07, 6.45) is 2.79. The summed E-state index contributed by atoms with van der Waals surface area (Å²) in [6.45, 7) is 0. The molecule has 22 heavy (non-hydrogen) atoms. The standard InChI is InChI=1S/C15H12ClN3O2.Na/c16-12-8-11(7-6-10-4-2-1-3-5-10)19-14(17-9-18-19)13(12)15(20)21;/h1-5,8-9H,6-7H2,(H,20,21);/q;+1/p-1. The Morgan fingerprint density at radius 2 is 1.95 bits per heavy atom. The van der Waals surface area contributed by atoms with Gasteiger partial charge >= 0.3 is 29.6 Å². The molecule has 0 N–H and O–H groups in total. The van der Waals surface area contributed by atoms with Gasteiger partial charge in [0.1, 0.15) is 6.33 Å². The Kier molecular flexibility index (Phi) is 5.58. The molecule has 0 bridgehead atoms. The van der Waals surface area contributed by atoms with E-state index in [2.05, 4.69) is 10.1 Å². The number of pyridine rings is 1. The van der Waals surface area contributed by atoms with Crippen molar-refractivity contribution >= 4 is 23.2 Å². The molecule has 0 aliphatic heterocycles. The predicted molar refractivity (Wildman–Crippen MR) is 76.2 cm³/mol. The van der Waals surface area contributed by atoms with Gasteiger partial charge in [-0.3, -0.25) is 0 Å². The summed E-state index contributed by atoms with van der Waals surface area (Å²) in [5, 5.41) is 15.3. The summed E-state index contributed by atoms with van der Waals surface area (Å²) >= 11 is 6.04. The minimum absolute atomic E-state index is 0. The van der Waals surface area contributed by atoms with Gasteiger partial charge < -0.3 is 9.90 Å². The number of hydrogen-bond donors (Lipinski definition) is 0. The van der Waals surface area contributed by atoms with Crippen LogP contribution in [-0.4, -0.2) is 20.6 Å². The monoisotopic (exact) mass is 323 g/mol. The van der Waals surface area contributed by atoms with Crippen LogP contribution in [0.25, 0.3) is 5.65 Å². The number of nitrogens with zero attached hydrogens (tertiary/aromatic N) is 3. The van der Waals surface area contributed by atoms with E-state index in [9.17, 15) is 9.90 Å². The van der Waals surface area contributed by atoms with Crippen LogP contribution in [0.3, 0.4) is 0 Å². The van der Waals surface area contributed by atoms with E-state index in [-0.39, 0.29) is 45.8 Å². The van der Waals surface area contributed by atoms with Gasteiger partial charge in [-0.1, -0.05) is 41.9 Å². The molecular formula is C15H11ClN3NaO2. The van der Waals surface area contributed by atoms with Crippen molar-refractivity contribution in [2.45, 2.75) is 12.8 Å². The summed E-state index contributed by atoms with van der Waals surface area (Å²) in [7, 11) is 0. The number of rotatable bonds is 4. The molecule has 5 nitrogen and oxygen atoms in total. The number of aryl methyl sites for hydroxylation is 2. The van der Waals surface area contributed by atoms with Crippen LogP contribution in [0.4, 0.5) is 0 Å². The van der Waals surface area contributed by atoms with Crippen LogP contribution in [0.5, 0.6) is 0 Å². The maximum Gasteiger partial charge on any atom is 1.00 e. The molecule has 2 heterocycles. The predicted octanol–water partition coefficient (Wildman–Crippen LogP) is -1.46. The Morgan fingerprint density at radius 1 is 1.23 bits per heavy atom. The zero-order valence-electron chi connectivity index (χ0n) is 12.0. The molecule has 0 aliphatic carbocycles. The molecule has 7 heteroatoms. The maximum absolute atomic E-state index is 11.1. The molecule has 0 radical (unpaired) electrons. The molecular weight excluding hydrogens is 313 g/mol. The van der Waals surface area contributed by atoms with E-state index in [1.54, 1.807) is 6.07 Å². The summed E-state index contributed by atoms with van der Waals surface area (Å²) < 4.78 is 1.50. The zero-order chi connectivity index (χ0) is 14.8. The second kappa shape index (κ2) is 7.24. The van der Waals surface area contributed by atoms with Gasteiger partial charge in [-0.2, -0.15) is 5.10 Å². The van der Waals surface area contributed by atoms with E-state index in [1.165, 1.54) is 16.4 Å². The molecule has 106 valence electrons. The Hall–Kier alpha value is -1.40. The zero-order valence-corrected chi connectivity index (χ0v) is 14.7. The van der Waals surface area contributed by atoms with Gasteiger partial charge in [0.15, 0.2) is 5.65 Å². The Bertz CT molecular complexity index is 805. The molecule has 0 amide bonds. The second-order valence-electron chi connectivity index (χ2n) is 4.63. The van der Waals surface area contributed by atoms with Crippen molar-refractivity contribution in [3.05, 3.63) is 64.6 Å². The van der Waals surface area contributed by atoms with Crippen LogP contribution in [0.15, 0.2) is 42.7 Å². The van der Waals surface area contributed by atoms with Gasteiger partial charge in [0.05, 0.1) is 16.6 Å². The molecule has 0 saturated heterocycles. The molecule has 0 aliphatic rings. The number of carboxylic acids is 1. The first kappa shape index (κ1) is 17.0. The topological polar surface area (TPSA) is 70.3 Å². The van der Waals surface area contributed by atoms with Crippen molar-refractivity contribution < 1.29 is 39.5 Å². The van der Waals surface area contributed by atoms with Crippen LogP contribution >= 0.6 is 11.6 Å². The third kappa shape index (κ3) is 3.33. The van der Waals surface area contributed by atoms with Crippen LogP contribution < -0.4 is 34.7 Å². The number of hydrogen-bond acceptors (Lipinski definition) is 4. The molecule has 0 saturated carbocycles. The first-order valence-electron chi connectivity index (χ1n) is 6.43. The number of halogens is 1. The third-order valence-electron chi connectivity index (χ3n) is 3.29. The summed E-state index contributed by atoms with van der Waals surface area (Å²) in [4.78, 5) is 15.1. The number of benzene rings is 1. The summed E-state index contributed by atoms with van der Waals surface area (Å²) in [6, 6.07) is 11.6. The quantitative estimate of drug-likeness (QED) is 0.550. The van der Waals surface area contributed by atoms with E-state index >= 15 is 0 Å². The van der Waals surface area contributed by atoms with Crippen molar-refractivity contribution in [3.8, 4) is 0 Å². The Labute approximate surface area is 154 Å². The fraction of sp³-hybridized carbons (Fsp3) is 0.133. The number of carbonyl (C=O) groups excluding carboxylic acids is 1. The number of carboxylic acid groups (broad SMARTS) is 1. The minimum atomic E-state index is -1.35. The summed E-state index contributed by atoms with van der Waals surface area (Å²) in [5.41, 5.74) is 2.08. The van der Waals surface area contributed by atoms with E-state index in [0.29, 0.717) is 6.42 Å². The van der Waals surface area contributed by atoms with Crippen molar-refractivity contribution in [3.63, 3.8) is 0 Å². The SMILES string of the molecule is O=C([O-])c1c(Cl)cc(CCc2ccccc2)n2ncnc12.[Na+]. The molecule has 1 aromatic carbocycles. The summed E-state index contributed by atoms with van der Waals surface area (Å²) in [5.74, 6) is -1.35. The first-order valence-corrected chi connectivity index (χ1v) is 6.81. The molecule has 0 atom stereocenters. The largest absolute Gasteiger partial charge is 1.00 e. The van der Waals surface area contributed by atoms with Gasteiger partial charge in [0, 0.05) is 5.69 Å². The van der Waals surface area contributed by atoms with Crippen LogP contribution in [0.2, 0.25) is 5.02 Å². The van der Waals surface area contributed by atoms with Crippen LogP contribution in [0, 0.1) is 0 Å². The van der Waals surface area contributed by atoms with Gasteiger partial charge in [-0.15, -0.1) is 0 Å². The fourth-order valence-corrected chi connectivity index (χ4v) is 2.58. The fourth-order valence-electron chi connectivity index (χ4n) is 2.29. The minimum Gasteiger partial charge on any atom is -0.545 e. The molecule has 0 fully saturated rings. The van der Waals surface area contributed by atoms with E-state index in [0.717, 1.165) is 12.1 Å². The van der Waals surface area contributed by atoms with Crippen molar-refractivity contribution in [1.29, 1.82) is 0 Å². The van der Waals surface area contributed by atoms with E-state index in [4.69, 9.17) is 11.6 Å². The second-order valence-corrected chi connectivity index (χ2v) is 5.03. The average molecular weight is 324 g/mol. The van der Waals surface area contributed by atoms with Crippen LogP contribution in [0.1, 0.15) is 21.6 Å². The molecule has 3 aromatic rings. The number of aromatic carboxylic acids is 1. The Balaban J connectivity index is 0.00000176. The molecule has 0 spiro atoms. The van der Waals surface area contributed by atoms with Gasteiger partial charge in [-0.05, 0) is 24.5 Å². The third-order valence-corrected chi connectivity index (χ3v) is 3.59. The normalized spacial score (nSPS) is 10.4. The maximum atomic E-state index is 11.1. The average Bonchev–Trinajstić information content (AvgIpc) is 2.94. The first-order chi connectivity index (χ1) is 10.2. The van der Waals surface area contributed by atoms with Gasteiger partial charge in [-0.25, -0.2) is 9.50 Å². The van der Waals surface area contributed by atoms with E-state index < -0.39 is 5.97 Å².